The summed E-state index contributed by atoms with van der Waals surface area (Å²) in [7, 11) is 6.85. The summed E-state index contributed by atoms with van der Waals surface area (Å²) >= 11 is 0. The fraction of sp³-hybridized carbons (Fsp3) is 0.900. The minimum Gasteiger partial charge on any atom is -0.466 e. The van der Waals surface area contributed by atoms with E-state index in [9.17, 15) is 4.79 Å². The summed E-state index contributed by atoms with van der Waals surface area (Å²) in [4.78, 5) is 10.9. The first-order chi connectivity index (χ1) is 6.81. The van der Waals surface area contributed by atoms with Crippen molar-refractivity contribution in [1.29, 1.82) is 0 Å². The van der Waals surface area contributed by atoms with Crippen LogP contribution in [0.15, 0.2) is 0 Å². The van der Waals surface area contributed by atoms with Gasteiger partial charge in [-0.3, -0.25) is 4.79 Å². The van der Waals surface area contributed by atoms with E-state index in [1.165, 1.54) is 30.2 Å². The zero-order valence-corrected chi connectivity index (χ0v) is 10.3. The molecular weight excluding hydrogens is 220 g/mol. The highest BCUT2D eigenvalue weighted by molar-refractivity contribution is 8.21. The topological polar surface area (TPSA) is 26.3 Å². The van der Waals surface area contributed by atoms with E-state index in [1.807, 2.05) is 6.92 Å². The lowest BCUT2D eigenvalue weighted by molar-refractivity contribution is -0.143. The van der Waals surface area contributed by atoms with Gasteiger partial charge in [0.1, 0.15) is 0 Å². The predicted molar refractivity (Wildman–Crippen MR) is 62.6 cm³/mol. The molecule has 0 radical (unpaired) electrons. The van der Waals surface area contributed by atoms with Gasteiger partial charge in [-0.25, -0.2) is 0 Å². The molecule has 2 nitrogen and oxygen atoms in total. The minimum atomic E-state index is -0.0659. The lowest BCUT2D eigenvalue weighted by Crippen LogP contribution is -2.03. The summed E-state index contributed by atoms with van der Waals surface area (Å²) in [6.45, 7) is 2.33. The summed E-state index contributed by atoms with van der Waals surface area (Å²) in [6.07, 6.45) is 6.21. The molecule has 14 heavy (non-hydrogen) atoms. The summed E-state index contributed by atoms with van der Waals surface area (Å²) in [5, 5.41) is 0. The van der Waals surface area contributed by atoms with Crippen molar-refractivity contribution in [3.05, 3.63) is 0 Å². The quantitative estimate of drug-likeness (QED) is 0.452. The fourth-order valence-corrected chi connectivity index (χ4v) is 1.83. The Bertz CT molecular complexity index is 142. The van der Waals surface area contributed by atoms with E-state index in [0.29, 0.717) is 13.0 Å². The molecule has 84 valence electrons. The fourth-order valence-electron chi connectivity index (χ4n) is 1.19. The van der Waals surface area contributed by atoms with Crippen molar-refractivity contribution in [2.75, 3.05) is 12.4 Å². The van der Waals surface area contributed by atoms with Crippen molar-refractivity contribution in [1.82, 2.24) is 0 Å². The number of hydrogen-bond acceptors (Lipinski definition) is 3. The number of halogens is 1. The third-order valence-electron chi connectivity index (χ3n) is 1.91. The summed E-state index contributed by atoms with van der Waals surface area (Å²) in [5.41, 5.74) is 0. The minimum absolute atomic E-state index is 0.0659. The van der Waals surface area contributed by atoms with Crippen LogP contribution < -0.4 is 0 Å². The van der Waals surface area contributed by atoms with Crippen LogP contribution in [-0.4, -0.2) is 18.3 Å². The summed E-state index contributed by atoms with van der Waals surface area (Å²) in [6, 6.07) is 0. The summed E-state index contributed by atoms with van der Waals surface area (Å²) in [5.74, 6) is 0.961. The van der Waals surface area contributed by atoms with Gasteiger partial charge in [-0.1, -0.05) is 30.2 Å². The number of carbonyl (C=O) groups excluding carboxylic acids is 1. The first kappa shape index (κ1) is 14.1. The van der Waals surface area contributed by atoms with Gasteiger partial charge in [0.05, 0.1) is 6.61 Å². The molecule has 0 aliphatic rings. The van der Waals surface area contributed by atoms with Crippen LogP contribution in [0.2, 0.25) is 0 Å². The van der Waals surface area contributed by atoms with Gasteiger partial charge in [-0.15, -0.1) is 0 Å². The van der Waals surface area contributed by atoms with Gasteiger partial charge in [0, 0.05) is 12.2 Å². The summed E-state index contributed by atoms with van der Waals surface area (Å²) < 4.78 is 4.83. The molecule has 0 saturated carbocycles. The molecular formula is C10H19ClO2S. The van der Waals surface area contributed by atoms with Crippen molar-refractivity contribution in [3.63, 3.8) is 0 Å². The molecule has 0 fully saturated rings. The number of unbranched alkanes of at least 4 members (excludes halogenated alkanes) is 4. The molecule has 0 bridgehead atoms. The van der Waals surface area contributed by atoms with Crippen LogP contribution in [0.4, 0.5) is 0 Å². The molecule has 0 heterocycles. The second-order valence-electron chi connectivity index (χ2n) is 3.14. The van der Waals surface area contributed by atoms with Crippen LogP contribution in [0.1, 0.15) is 45.4 Å². The monoisotopic (exact) mass is 238 g/mol. The Labute approximate surface area is 95.2 Å². The van der Waals surface area contributed by atoms with Crippen molar-refractivity contribution in [2.45, 2.75) is 45.4 Å². The third-order valence-corrected chi connectivity index (χ3v) is 2.81. The maximum Gasteiger partial charge on any atom is 0.305 e. The largest absolute Gasteiger partial charge is 0.466 e. The van der Waals surface area contributed by atoms with E-state index in [-0.39, 0.29) is 5.97 Å². The van der Waals surface area contributed by atoms with E-state index in [1.54, 1.807) is 0 Å². The highest BCUT2D eigenvalue weighted by Gasteiger charge is 2.00. The number of hydrogen-bond donors (Lipinski definition) is 0. The Balaban J connectivity index is 3.01. The van der Waals surface area contributed by atoms with Gasteiger partial charge in [-0.2, -0.15) is 0 Å². The molecule has 0 aromatic heterocycles. The lowest BCUT2D eigenvalue weighted by Gasteiger charge is -2.01. The van der Waals surface area contributed by atoms with Gasteiger partial charge in [-0.05, 0) is 30.4 Å². The third kappa shape index (κ3) is 10.2. The molecule has 0 unspecified atom stereocenters. The maximum absolute atomic E-state index is 10.9. The van der Waals surface area contributed by atoms with Gasteiger partial charge < -0.3 is 4.74 Å². The smallest absolute Gasteiger partial charge is 0.305 e. The van der Waals surface area contributed by atoms with Crippen molar-refractivity contribution in [2.24, 2.45) is 0 Å². The average Bonchev–Trinajstić information content (AvgIpc) is 2.17. The Morgan fingerprint density at radius 1 is 1.21 bits per heavy atom. The first-order valence-electron chi connectivity index (χ1n) is 5.20. The molecule has 0 saturated heterocycles. The molecule has 0 aromatic rings. The lowest BCUT2D eigenvalue weighted by atomic mass is 10.1. The molecule has 0 aliphatic heterocycles. The SMILES string of the molecule is CCOC(=O)CCCCCCCSCl. The van der Waals surface area contributed by atoms with Gasteiger partial charge >= 0.3 is 5.97 Å². The first-order valence-corrected chi connectivity index (χ1v) is 7.01. The highest BCUT2D eigenvalue weighted by Crippen LogP contribution is 2.12. The maximum atomic E-state index is 10.9. The van der Waals surface area contributed by atoms with E-state index in [4.69, 9.17) is 15.4 Å². The van der Waals surface area contributed by atoms with Crippen LogP contribution in [0.5, 0.6) is 0 Å². The van der Waals surface area contributed by atoms with Crippen molar-refractivity contribution < 1.29 is 9.53 Å². The average molecular weight is 239 g/mol. The molecule has 0 rings (SSSR count). The predicted octanol–water partition coefficient (Wildman–Crippen LogP) is 3.78. The van der Waals surface area contributed by atoms with E-state index in [0.717, 1.165) is 18.6 Å². The van der Waals surface area contributed by atoms with Gasteiger partial charge in [0.25, 0.3) is 0 Å². The van der Waals surface area contributed by atoms with Crippen LogP contribution in [-0.2, 0) is 9.53 Å². The van der Waals surface area contributed by atoms with E-state index in [2.05, 4.69) is 0 Å². The van der Waals surface area contributed by atoms with Crippen LogP contribution >= 0.6 is 21.7 Å². The van der Waals surface area contributed by atoms with Gasteiger partial charge in [0.15, 0.2) is 0 Å². The van der Waals surface area contributed by atoms with Gasteiger partial charge in [0.2, 0.25) is 0 Å². The molecule has 0 amide bonds. The molecule has 0 N–H and O–H groups in total. The number of carbonyl (C=O) groups is 1. The molecule has 0 aromatic carbocycles. The van der Waals surface area contributed by atoms with Crippen LogP contribution in [0, 0.1) is 0 Å². The Morgan fingerprint density at radius 3 is 2.50 bits per heavy atom. The molecule has 0 spiro atoms. The van der Waals surface area contributed by atoms with Crippen molar-refractivity contribution in [3.8, 4) is 0 Å². The molecule has 0 aliphatic carbocycles. The second kappa shape index (κ2) is 11.2. The molecule has 0 atom stereocenters. The Kier molecular flexibility index (Phi) is 11.3. The number of ether oxygens (including phenoxy) is 1. The standard InChI is InChI=1S/C10H19ClO2S/c1-2-13-10(12)8-6-4-3-5-7-9-14-11/h2-9H2,1H3. The highest BCUT2D eigenvalue weighted by atomic mass is 35.7. The zero-order valence-electron chi connectivity index (χ0n) is 8.76. The Hall–Kier alpha value is 0.110. The van der Waals surface area contributed by atoms with E-state index >= 15 is 0 Å². The van der Waals surface area contributed by atoms with E-state index < -0.39 is 0 Å². The number of esters is 1. The second-order valence-corrected chi connectivity index (χ2v) is 4.42. The van der Waals surface area contributed by atoms with Crippen molar-refractivity contribution >= 4 is 27.6 Å². The van der Waals surface area contributed by atoms with Crippen LogP contribution in [0.3, 0.4) is 0 Å². The zero-order chi connectivity index (χ0) is 10.6. The van der Waals surface area contributed by atoms with Crippen LogP contribution in [0.25, 0.3) is 0 Å². The molecule has 4 heteroatoms. The normalized spacial score (nSPS) is 10.1. The Morgan fingerprint density at radius 2 is 1.86 bits per heavy atom. The number of rotatable bonds is 9.